The molecule has 4 aromatic carbocycles. The lowest BCUT2D eigenvalue weighted by molar-refractivity contribution is 0.0954. The van der Waals surface area contributed by atoms with Gasteiger partial charge in [0, 0.05) is 16.1 Å². The van der Waals surface area contributed by atoms with Gasteiger partial charge in [-0.3, -0.25) is 4.79 Å². The van der Waals surface area contributed by atoms with Crippen molar-refractivity contribution in [3.05, 3.63) is 107 Å². The van der Waals surface area contributed by atoms with Crippen LogP contribution in [0.25, 0.3) is 10.8 Å². The highest BCUT2D eigenvalue weighted by Crippen LogP contribution is 2.27. The van der Waals surface area contributed by atoms with Crippen LogP contribution in [0, 0.1) is 0 Å². The number of amides is 1. The first-order valence-corrected chi connectivity index (χ1v) is 10.4. The van der Waals surface area contributed by atoms with Crippen molar-refractivity contribution in [1.82, 2.24) is 5.43 Å². The zero-order valence-corrected chi connectivity index (χ0v) is 18.2. The smallest absolute Gasteiger partial charge is 0.271 e. The molecule has 0 aliphatic carbocycles. The number of ether oxygens (including phenoxy) is 2. The average molecular weight is 445 g/mol. The van der Waals surface area contributed by atoms with E-state index in [1.54, 1.807) is 37.6 Å². The molecular weight excluding hydrogens is 424 g/mol. The number of hydrogen-bond donors (Lipinski definition) is 1. The van der Waals surface area contributed by atoms with Crippen LogP contribution < -0.4 is 14.9 Å². The summed E-state index contributed by atoms with van der Waals surface area (Å²) in [5, 5.41) is 6.89. The molecule has 0 aliphatic rings. The van der Waals surface area contributed by atoms with Crippen LogP contribution >= 0.6 is 11.6 Å². The van der Waals surface area contributed by atoms with Crippen molar-refractivity contribution in [2.24, 2.45) is 5.10 Å². The van der Waals surface area contributed by atoms with Gasteiger partial charge < -0.3 is 9.47 Å². The quantitative estimate of drug-likeness (QED) is 0.287. The highest BCUT2D eigenvalue weighted by molar-refractivity contribution is 6.30. The van der Waals surface area contributed by atoms with E-state index in [1.807, 2.05) is 60.7 Å². The van der Waals surface area contributed by atoms with Crippen LogP contribution in [0.4, 0.5) is 0 Å². The molecule has 4 rings (SSSR count). The number of hydrogen-bond acceptors (Lipinski definition) is 4. The minimum atomic E-state index is -0.330. The summed E-state index contributed by atoms with van der Waals surface area (Å²) >= 11 is 5.96. The van der Waals surface area contributed by atoms with Crippen molar-refractivity contribution >= 4 is 34.5 Å². The number of fused-ring (bicyclic) bond motifs is 1. The van der Waals surface area contributed by atoms with E-state index < -0.39 is 0 Å². The second kappa shape index (κ2) is 9.98. The number of carbonyl (C=O) groups is 1. The Labute approximate surface area is 191 Å². The van der Waals surface area contributed by atoms with Crippen LogP contribution in [0.2, 0.25) is 5.02 Å². The molecule has 160 valence electrons. The third-order valence-electron chi connectivity index (χ3n) is 4.93. The molecule has 5 nitrogen and oxygen atoms in total. The van der Waals surface area contributed by atoms with Crippen molar-refractivity contribution in [1.29, 1.82) is 0 Å². The van der Waals surface area contributed by atoms with Crippen LogP contribution in [0.1, 0.15) is 21.5 Å². The van der Waals surface area contributed by atoms with Crippen molar-refractivity contribution < 1.29 is 14.3 Å². The third kappa shape index (κ3) is 5.07. The molecule has 0 saturated carbocycles. The van der Waals surface area contributed by atoms with E-state index in [4.69, 9.17) is 21.1 Å². The van der Waals surface area contributed by atoms with Gasteiger partial charge in [0.05, 0.1) is 13.3 Å². The maximum Gasteiger partial charge on any atom is 0.271 e. The van der Waals surface area contributed by atoms with Gasteiger partial charge in [0.25, 0.3) is 5.91 Å². The molecule has 0 aliphatic heterocycles. The van der Waals surface area contributed by atoms with Crippen molar-refractivity contribution in [3.63, 3.8) is 0 Å². The Morgan fingerprint density at radius 1 is 1.00 bits per heavy atom. The molecule has 0 aromatic heterocycles. The molecular formula is C26H21ClN2O3. The summed E-state index contributed by atoms with van der Waals surface area (Å²) < 4.78 is 11.3. The molecule has 4 aromatic rings. The van der Waals surface area contributed by atoms with Crippen LogP contribution in [0.5, 0.6) is 11.5 Å². The zero-order valence-electron chi connectivity index (χ0n) is 17.4. The maximum atomic E-state index is 12.5. The van der Waals surface area contributed by atoms with Crippen molar-refractivity contribution in [2.45, 2.75) is 6.61 Å². The minimum Gasteiger partial charge on any atom is -0.497 e. The lowest BCUT2D eigenvalue weighted by Gasteiger charge is -2.12. The van der Waals surface area contributed by atoms with Gasteiger partial charge in [0.15, 0.2) is 0 Å². The normalized spacial score (nSPS) is 10.9. The molecule has 1 N–H and O–H groups in total. The van der Waals surface area contributed by atoms with Crippen molar-refractivity contribution in [3.8, 4) is 11.5 Å². The predicted octanol–water partition coefficient (Wildman–Crippen LogP) is 5.84. The number of hydrazone groups is 1. The van der Waals surface area contributed by atoms with E-state index in [0.717, 1.165) is 21.9 Å². The Balaban J connectivity index is 1.57. The van der Waals surface area contributed by atoms with E-state index in [2.05, 4.69) is 10.5 Å². The van der Waals surface area contributed by atoms with Crippen molar-refractivity contribution in [2.75, 3.05) is 7.11 Å². The molecule has 1 amide bonds. The SMILES string of the molecule is COc1cccc(C(=O)N/N=C\c2c(OCc3ccc(Cl)cc3)ccc3ccccc23)c1. The van der Waals surface area contributed by atoms with Crippen LogP contribution in [0.3, 0.4) is 0 Å². The van der Waals surface area contributed by atoms with E-state index in [1.165, 1.54) is 0 Å². The molecule has 32 heavy (non-hydrogen) atoms. The fourth-order valence-electron chi connectivity index (χ4n) is 3.26. The van der Waals surface area contributed by atoms with Crippen LogP contribution in [0.15, 0.2) is 90.0 Å². The summed E-state index contributed by atoms with van der Waals surface area (Å²) in [4.78, 5) is 12.5. The molecule has 0 radical (unpaired) electrons. The van der Waals surface area contributed by atoms with E-state index in [0.29, 0.717) is 28.7 Å². The lowest BCUT2D eigenvalue weighted by Crippen LogP contribution is -2.17. The summed E-state index contributed by atoms with van der Waals surface area (Å²) in [6.07, 6.45) is 1.61. The number of methoxy groups -OCH3 is 1. The number of nitrogens with one attached hydrogen (secondary N) is 1. The molecule has 0 bridgehead atoms. The molecule has 0 heterocycles. The number of rotatable bonds is 7. The molecule has 6 heteroatoms. The van der Waals surface area contributed by atoms with Gasteiger partial charge in [0.1, 0.15) is 18.1 Å². The van der Waals surface area contributed by atoms with Gasteiger partial charge in [-0.1, -0.05) is 60.1 Å². The largest absolute Gasteiger partial charge is 0.497 e. The number of carbonyl (C=O) groups excluding carboxylic acids is 1. The topological polar surface area (TPSA) is 59.9 Å². The number of nitrogens with zero attached hydrogens (tertiary/aromatic N) is 1. The Bertz CT molecular complexity index is 1270. The Hall–Kier alpha value is -3.83. The van der Waals surface area contributed by atoms with Crippen LogP contribution in [-0.2, 0) is 6.61 Å². The summed E-state index contributed by atoms with van der Waals surface area (Å²) in [7, 11) is 1.56. The van der Waals surface area contributed by atoms with Gasteiger partial charge >= 0.3 is 0 Å². The first kappa shape index (κ1) is 21.4. The van der Waals surface area contributed by atoms with Gasteiger partial charge in [-0.2, -0.15) is 5.10 Å². The Morgan fingerprint density at radius 3 is 2.62 bits per heavy atom. The minimum absolute atomic E-state index is 0.330. The second-order valence-electron chi connectivity index (χ2n) is 7.04. The zero-order chi connectivity index (χ0) is 22.3. The van der Waals surface area contributed by atoms with Gasteiger partial charge in [-0.25, -0.2) is 5.43 Å². The maximum absolute atomic E-state index is 12.5. The van der Waals surface area contributed by atoms with E-state index >= 15 is 0 Å². The Kier molecular flexibility index (Phi) is 6.68. The van der Waals surface area contributed by atoms with E-state index in [-0.39, 0.29) is 5.91 Å². The third-order valence-corrected chi connectivity index (χ3v) is 5.18. The summed E-state index contributed by atoms with van der Waals surface area (Å²) in [6.45, 7) is 0.381. The number of benzene rings is 4. The summed E-state index contributed by atoms with van der Waals surface area (Å²) in [5.41, 5.74) is 4.81. The summed E-state index contributed by atoms with van der Waals surface area (Å²) in [6, 6.07) is 26.2. The van der Waals surface area contributed by atoms with Crippen LogP contribution in [-0.4, -0.2) is 19.2 Å². The fraction of sp³-hybridized carbons (Fsp3) is 0.0769. The average Bonchev–Trinajstić information content (AvgIpc) is 2.84. The molecule has 0 fully saturated rings. The highest BCUT2D eigenvalue weighted by atomic mass is 35.5. The standard InChI is InChI=1S/C26H21ClN2O3/c1-31-22-7-4-6-20(15-22)26(30)29-28-16-24-23-8-3-2-5-19(23)11-14-25(24)32-17-18-9-12-21(27)13-10-18/h2-16H,17H2,1H3,(H,29,30)/b28-16-. The van der Waals surface area contributed by atoms with Gasteiger partial charge in [-0.15, -0.1) is 0 Å². The first-order valence-electron chi connectivity index (χ1n) is 10.0. The first-order chi connectivity index (χ1) is 15.6. The van der Waals surface area contributed by atoms with E-state index in [9.17, 15) is 4.79 Å². The van der Waals surface area contributed by atoms with Gasteiger partial charge in [-0.05, 0) is 52.7 Å². The highest BCUT2D eigenvalue weighted by Gasteiger charge is 2.09. The summed E-state index contributed by atoms with van der Waals surface area (Å²) in [5.74, 6) is 0.940. The molecule has 0 atom stereocenters. The molecule has 0 saturated heterocycles. The second-order valence-corrected chi connectivity index (χ2v) is 7.48. The molecule has 0 unspecified atom stereocenters. The monoisotopic (exact) mass is 444 g/mol. The van der Waals surface area contributed by atoms with Gasteiger partial charge in [0.2, 0.25) is 0 Å². The Morgan fingerprint density at radius 2 is 1.81 bits per heavy atom. The fourth-order valence-corrected chi connectivity index (χ4v) is 3.39. The molecule has 0 spiro atoms. The lowest BCUT2D eigenvalue weighted by atomic mass is 10.0. The number of halogens is 1. The predicted molar refractivity (Wildman–Crippen MR) is 128 cm³/mol.